The summed E-state index contributed by atoms with van der Waals surface area (Å²) in [5.74, 6) is 0.520. The smallest absolute Gasteiger partial charge is 0.287 e. The van der Waals surface area contributed by atoms with Gasteiger partial charge in [-0.05, 0) is 37.6 Å². The first-order valence-corrected chi connectivity index (χ1v) is 9.11. The van der Waals surface area contributed by atoms with Gasteiger partial charge < -0.3 is 10.2 Å². The summed E-state index contributed by atoms with van der Waals surface area (Å²) in [4.78, 5) is 18.9. The van der Waals surface area contributed by atoms with Crippen LogP contribution in [0.25, 0.3) is 0 Å². The predicted molar refractivity (Wildman–Crippen MR) is 104 cm³/mol. The minimum atomic E-state index is -0.440. The van der Waals surface area contributed by atoms with E-state index in [1.165, 1.54) is 18.3 Å². The van der Waals surface area contributed by atoms with Crippen molar-refractivity contribution in [1.82, 2.24) is 9.88 Å². The number of rotatable bonds is 7. The molecule has 0 atom stereocenters. The Morgan fingerprint density at radius 2 is 2.00 bits per heavy atom. The average Bonchev–Trinajstić information content (AvgIpc) is 2.67. The molecule has 1 aromatic carbocycles. The van der Waals surface area contributed by atoms with Gasteiger partial charge in [-0.15, -0.1) is 0 Å². The number of piperazine rings is 1. The number of pyridine rings is 1. The van der Waals surface area contributed by atoms with Crippen LogP contribution in [0.2, 0.25) is 0 Å². The highest BCUT2D eigenvalue weighted by Crippen LogP contribution is 2.20. The van der Waals surface area contributed by atoms with Crippen LogP contribution in [0.1, 0.15) is 12.0 Å². The van der Waals surface area contributed by atoms with Crippen molar-refractivity contribution in [2.75, 3.05) is 49.5 Å². The van der Waals surface area contributed by atoms with Crippen molar-refractivity contribution >= 4 is 17.2 Å². The van der Waals surface area contributed by atoms with E-state index in [0.29, 0.717) is 11.5 Å². The molecule has 2 aromatic rings. The van der Waals surface area contributed by atoms with E-state index in [2.05, 4.69) is 20.1 Å². The molecule has 2 heterocycles. The third kappa shape index (κ3) is 4.91. The van der Waals surface area contributed by atoms with Crippen molar-refractivity contribution in [1.29, 1.82) is 0 Å². The summed E-state index contributed by atoms with van der Waals surface area (Å²) in [7, 11) is 0. The molecule has 0 aliphatic carbocycles. The quantitative estimate of drug-likeness (QED) is 0.457. The number of benzene rings is 1. The molecule has 1 aliphatic rings. The average molecular weight is 373 g/mol. The number of hydrogen-bond acceptors (Lipinski definition) is 6. The lowest BCUT2D eigenvalue weighted by Gasteiger charge is -2.36. The number of anilines is 2. The van der Waals surface area contributed by atoms with Crippen LogP contribution >= 0.6 is 0 Å². The summed E-state index contributed by atoms with van der Waals surface area (Å²) in [6, 6.07) is 8.43. The third-order valence-electron chi connectivity index (χ3n) is 4.78. The summed E-state index contributed by atoms with van der Waals surface area (Å²) < 4.78 is 13.9. The molecule has 0 amide bonds. The van der Waals surface area contributed by atoms with Gasteiger partial charge in [-0.2, -0.15) is 0 Å². The van der Waals surface area contributed by atoms with E-state index in [1.807, 2.05) is 19.1 Å². The molecule has 0 unspecified atom stereocenters. The van der Waals surface area contributed by atoms with Crippen molar-refractivity contribution in [2.45, 2.75) is 13.3 Å². The second kappa shape index (κ2) is 8.77. The molecule has 0 bridgehead atoms. The minimum Gasteiger partial charge on any atom is -0.370 e. The SMILES string of the molecule is Cc1cc([N+](=O)[O-])cnc1NCCCN1CCN(c2ccccc2F)CC1. The van der Waals surface area contributed by atoms with Crippen LogP contribution in [-0.4, -0.2) is 54.1 Å². The molecule has 1 aliphatic heterocycles. The summed E-state index contributed by atoms with van der Waals surface area (Å²) in [5.41, 5.74) is 1.45. The van der Waals surface area contributed by atoms with Crippen molar-refractivity contribution in [2.24, 2.45) is 0 Å². The van der Waals surface area contributed by atoms with Crippen LogP contribution in [0, 0.1) is 22.9 Å². The Balaban J connectivity index is 1.40. The first-order chi connectivity index (χ1) is 13.0. The third-order valence-corrected chi connectivity index (χ3v) is 4.78. The van der Waals surface area contributed by atoms with Gasteiger partial charge in [-0.1, -0.05) is 12.1 Å². The fourth-order valence-electron chi connectivity index (χ4n) is 3.27. The Labute approximate surface area is 158 Å². The van der Waals surface area contributed by atoms with Crippen LogP contribution in [0.3, 0.4) is 0 Å². The van der Waals surface area contributed by atoms with Gasteiger partial charge in [-0.3, -0.25) is 15.0 Å². The van der Waals surface area contributed by atoms with E-state index in [1.54, 1.807) is 6.07 Å². The lowest BCUT2D eigenvalue weighted by molar-refractivity contribution is -0.385. The maximum Gasteiger partial charge on any atom is 0.287 e. The van der Waals surface area contributed by atoms with Gasteiger partial charge in [0, 0.05) is 38.8 Å². The van der Waals surface area contributed by atoms with Crippen LogP contribution in [0.4, 0.5) is 21.6 Å². The van der Waals surface area contributed by atoms with Crippen molar-refractivity contribution in [3.8, 4) is 0 Å². The summed E-state index contributed by atoms with van der Waals surface area (Å²) in [5, 5.41) is 14.0. The number of halogens is 1. The highest BCUT2D eigenvalue weighted by molar-refractivity contribution is 5.48. The lowest BCUT2D eigenvalue weighted by atomic mass is 10.2. The molecular weight excluding hydrogens is 349 g/mol. The zero-order valence-corrected chi connectivity index (χ0v) is 15.4. The molecule has 8 heteroatoms. The zero-order valence-electron chi connectivity index (χ0n) is 15.4. The molecule has 0 spiro atoms. The number of hydrogen-bond donors (Lipinski definition) is 1. The van der Waals surface area contributed by atoms with Crippen molar-refractivity contribution < 1.29 is 9.31 Å². The van der Waals surface area contributed by atoms with Gasteiger partial charge in [0.1, 0.15) is 17.8 Å². The Hall–Kier alpha value is -2.74. The monoisotopic (exact) mass is 373 g/mol. The number of aryl methyl sites for hydroxylation is 1. The van der Waals surface area contributed by atoms with Gasteiger partial charge in [-0.25, -0.2) is 9.37 Å². The second-order valence-electron chi connectivity index (χ2n) is 6.68. The molecule has 1 fully saturated rings. The van der Waals surface area contributed by atoms with Crippen LogP contribution < -0.4 is 10.2 Å². The fourth-order valence-corrected chi connectivity index (χ4v) is 3.27. The highest BCUT2D eigenvalue weighted by Gasteiger charge is 2.18. The maximum atomic E-state index is 13.9. The Kier molecular flexibility index (Phi) is 6.18. The summed E-state index contributed by atoms with van der Waals surface area (Å²) in [6.45, 7) is 6.95. The molecule has 1 saturated heterocycles. The second-order valence-corrected chi connectivity index (χ2v) is 6.68. The Bertz CT molecular complexity index is 793. The van der Waals surface area contributed by atoms with Crippen LogP contribution in [-0.2, 0) is 0 Å². The first kappa shape index (κ1) is 19.0. The van der Waals surface area contributed by atoms with Gasteiger partial charge >= 0.3 is 0 Å². The molecule has 0 saturated carbocycles. The topological polar surface area (TPSA) is 74.5 Å². The molecule has 7 nitrogen and oxygen atoms in total. The largest absolute Gasteiger partial charge is 0.370 e. The number of nitrogens with one attached hydrogen (secondary N) is 1. The molecule has 3 rings (SSSR count). The number of nitro groups is 1. The maximum absolute atomic E-state index is 13.9. The molecule has 144 valence electrons. The van der Waals surface area contributed by atoms with Crippen molar-refractivity contribution in [3.63, 3.8) is 0 Å². The fraction of sp³-hybridized carbons (Fsp3) is 0.421. The summed E-state index contributed by atoms with van der Waals surface area (Å²) >= 11 is 0. The predicted octanol–water partition coefficient (Wildman–Crippen LogP) is 3.06. The molecule has 1 aromatic heterocycles. The molecule has 0 radical (unpaired) electrons. The Morgan fingerprint density at radius 3 is 2.67 bits per heavy atom. The van der Waals surface area contributed by atoms with E-state index >= 15 is 0 Å². The van der Waals surface area contributed by atoms with E-state index in [9.17, 15) is 14.5 Å². The van der Waals surface area contributed by atoms with Gasteiger partial charge in [0.2, 0.25) is 0 Å². The minimum absolute atomic E-state index is 0.00535. The van der Waals surface area contributed by atoms with Gasteiger partial charge in [0.15, 0.2) is 0 Å². The van der Waals surface area contributed by atoms with E-state index in [0.717, 1.165) is 51.3 Å². The highest BCUT2D eigenvalue weighted by atomic mass is 19.1. The van der Waals surface area contributed by atoms with Gasteiger partial charge in [0.05, 0.1) is 10.6 Å². The van der Waals surface area contributed by atoms with Crippen molar-refractivity contribution in [3.05, 3.63) is 58.0 Å². The van der Waals surface area contributed by atoms with Crippen LogP contribution in [0.15, 0.2) is 36.5 Å². The Morgan fingerprint density at radius 1 is 1.26 bits per heavy atom. The van der Waals surface area contributed by atoms with Gasteiger partial charge in [0.25, 0.3) is 5.69 Å². The molecule has 1 N–H and O–H groups in total. The zero-order chi connectivity index (χ0) is 19.2. The van der Waals surface area contributed by atoms with E-state index in [-0.39, 0.29) is 11.5 Å². The number of aromatic nitrogens is 1. The summed E-state index contributed by atoms with van der Waals surface area (Å²) in [6.07, 6.45) is 2.22. The number of para-hydroxylation sites is 1. The van der Waals surface area contributed by atoms with E-state index in [4.69, 9.17) is 0 Å². The molecule has 27 heavy (non-hydrogen) atoms. The number of nitrogens with zero attached hydrogens (tertiary/aromatic N) is 4. The van der Waals surface area contributed by atoms with Crippen LogP contribution in [0.5, 0.6) is 0 Å². The van der Waals surface area contributed by atoms with E-state index < -0.39 is 4.92 Å². The normalized spacial score (nSPS) is 15.0. The standard InChI is InChI=1S/C19H24FN5O2/c1-15-13-16(25(26)27)14-22-19(15)21-7-4-8-23-9-11-24(12-10-23)18-6-3-2-5-17(18)20/h2-3,5-6,13-14H,4,7-12H2,1H3,(H,21,22). The lowest BCUT2D eigenvalue weighted by Crippen LogP contribution is -2.47. The first-order valence-electron chi connectivity index (χ1n) is 9.11. The molecular formula is C19H24FN5O2.